The van der Waals surface area contributed by atoms with Crippen LogP contribution in [0.1, 0.15) is 62.8 Å². The molecule has 0 saturated carbocycles. The van der Waals surface area contributed by atoms with E-state index in [-0.39, 0.29) is 10.8 Å². The van der Waals surface area contributed by atoms with E-state index in [1.165, 1.54) is 111 Å². The van der Waals surface area contributed by atoms with Gasteiger partial charge in [-0.3, -0.25) is 0 Å². The number of benzene rings is 10. The quantitative estimate of drug-likeness (QED) is 0.158. The molecular weight excluding hydrogens is 921 g/mol. The minimum Gasteiger partial charge on any atom is -0.310 e. The molecule has 0 unspecified atom stereocenters. The molecule has 4 heteroatoms. The van der Waals surface area contributed by atoms with Crippen molar-refractivity contribution < 1.29 is 0 Å². The van der Waals surface area contributed by atoms with Gasteiger partial charge in [0.15, 0.2) is 0 Å². The molecule has 0 atom stereocenters. The lowest BCUT2D eigenvalue weighted by atomic mass is 9.71. The number of aromatic nitrogens is 2. The highest BCUT2D eigenvalue weighted by molar-refractivity contribution is 6.13. The van der Waals surface area contributed by atoms with E-state index in [0.29, 0.717) is 0 Å². The van der Waals surface area contributed by atoms with E-state index in [9.17, 15) is 0 Å². The number of para-hydroxylation sites is 5. The van der Waals surface area contributed by atoms with E-state index >= 15 is 0 Å². The minimum absolute atomic E-state index is 0.234. The van der Waals surface area contributed by atoms with Gasteiger partial charge in [0.25, 0.3) is 0 Å². The Morgan fingerprint density at radius 3 is 1.72 bits per heavy atom. The topological polar surface area (TPSA) is 16.3 Å². The fraction of sp³-hybridized carbons (Fsp3) is 0.111. The third-order valence-electron chi connectivity index (χ3n) is 17.1. The highest BCUT2D eigenvalue weighted by Gasteiger charge is 2.42. The summed E-state index contributed by atoms with van der Waals surface area (Å²) in [5, 5.41) is 5.01. The Kier molecular flexibility index (Phi) is 9.75. The Morgan fingerprint density at radius 1 is 0.368 bits per heavy atom. The Morgan fingerprint density at radius 2 is 0.961 bits per heavy atom. The van der Waals surface area contributed by atoms with Crippen molar-refractivity contribution in [2.45, 2.75) is 51.4 Å². The lowest BCUT2D eigenvalue weighted by Crippen LogP contribution is -2.31. The van der Waals surface area contributed by atoms with Gasteiger partial charge in [-0.15, -0.1) is 0 Å². The molecule has 12 aromatic rings. The van der Waals surface area contributed by atoms with Gasteiger partial charge in [-0.1, -0.05) is 155 Å². The number of hydrogen-bond donors (Lipinski definition) is 0. The van der Waals surface area contributed by atoms with Crippen molar-refractivity contribution in [3.05, 3.63) is 265 Å². The van der Waals surface area contributed by atoms with Crippen molar-refractivity contribution in [2.75, 3.05) is 9.80 Å². The number of nitrogens with zero attached hydrogens (tertiary/aromatic N) is 4. The molecule has 0 radical (unpaired) electrons. The highest BCUT2D eigenvalue weighted by atomic mass is 15.2. The highest BCUT2D eigenvalue weighted by Crippen LogP contribution is 2.58. The van der Waals surface area contributed by atoms with Crippen LogP contribution in [0.5, 0.6) is 0 Å². The largest absolute Gasteiger partial charge is 0.310 e. The van der Waals surface area contributed by atoms with E-state index in [1.807, 2.05) is 0 Å². The summed E-state index contributed by atoms with van der Waals surface area (Å²) in [4.78, 5) is 4.93. The molecule has 3 heterocycles. The third-order valence-corrected chi connectivity index (χ3v) is 17.1. The molecule has 15 rings (SSSR count). The number of hydrogen-bond acceptors (Lipinski definition) is 2. The first-order valence-electron chi connectivity index (χ1n) is 26.9. The molecule has 0 saturated heterocycles. The van der Waals surface area contributed by atoms with Gasteiger partial charge in [0, 0.05) is 66.5 Å². The van der Waals surface area contributed by atoms with Crippen molar-refractivity contribution in [3.63, 3.8) is 0 Å². The molecule has 10 aromatic carbocycles. The zero-order chi connectivity index (χ0) is 50.9. The van der Waals surface area contributed by atoms with Crippen molar-refractivity contribution in [3.8, 4) is 27.9 Å². The monoisotopic (exact) mass is 976 g/mol. The Balaban J connectivity index is 0.811. The predicted molar refractivity (Wildman–Crippen MR) is 321 cm³/mol. The van der Waals surface area contributed by atoms with Crippen LogP contribution in [0, 0.1) is 0 Å². The molecule has 0 amide bonds. The normalized spacial score (nSPS) is 14.9. The number of fused-ring (bicyclic) bond motifs is 11. The van der Waals surface area contributed by atoms with Crippen LogP contribution in [0.15, 0.2) is 243 Å². The summed E-state index contributed by atoms with van der Waals surface area (Å²) in [6, 6.07) is 83.7. The molecular formula is C72H56N4. The Bertz CT molecular complexity index is 4390. The first-order valence-corrected chi connectivity index (χ1v) is 26.9. The molecule has 76 heavy (non-hydrogen) atoms. The Labute approximate surface area is 444 Å². The second-order valence-corrected chi connectivity index (χ2v) is 22.0. The van der Waals surface area contributed by atoms with Crippen LogP contribution in [-0.2, 0) is 10.8 Å². The third kappa shape index (κ3) is 6.56. The van der Waals surface area contributed by atoms with Crippen molar-refractivity contribution in [1.82, 2.24) is 9.13 Å². The molecule has 1 aliphatic heterocycles. The van der Waals surface area contributed by atoms with Crippen LogP contribution in [0.4, 0.5) is 34.1 Å². The summed E-state index contributed by atoms with van der Waals surface area (Å²) >= 11 is 0. The van der Waals surface area contributed by atoms with Gasteiger partial charge in [-0.05, 0) is 173 Å². The van der Waals surface area contributed by atoms with Crippen molar-refractivity contribution in [2.24, 2.45) is 0 Å². The molecule has 0 spiro atoms. The summed E-state index contributed by atoms with van der Waals surface area (Å²) in [6.07, 6.45) is 9.09. The maximum Gasteiger partial charge on any atom is 0.0542 e. The van der Waals surface area contributed by atoms with Gasteiger partial charge >= 0.3 is 0 Å². The molecule has 4 nitrogen and oxygen atoms in total. The van der Waals surface area contributed by atoms with E-state index in [0.717, 1.165) is 35.6 Å². The smallest absolute Gasteiger partial charge is 0.0542 e. The second-order valence-electron chi connectivity index (χ2n) is 22.0. The molecule has 0 bridgehead atoms. The predicted octanol–water partition coefficient (Wildman–Crippen LogP) is 19.6. The van der Waals surface area contributed by atoms with Crippen LogP contribution in [0.2, 0.25) is 0 Å². The fourth-order valence-corrected chi connectivity index (χ4v) is 13.3. The second kappa shape index (κ2) is 16.7. The minimum atomic E-state index is -0.245. The van der Waals surface area contributed by atoms with E-state index in [1.54, 1.807) is 0 Å². The van der Waals surface area contributed by atoms with Gasteiger partial charge in [-0.25, -0.2) is 0 Å². The summed E-state index contributed by atoms with van der Waals surface area (Å²) in [6.45, 7) is 9.65. The van der Waals surface area contributed by atoms with Crippen LogP contribution < -0.4 is 9.80 Å². The van der Waals surface area contributed by atoms with Crippen molar-refractivity contribution in [1.29, 1.82) is 0 Å². The fourth-order valence-electron chi connectivity index (χ4n) is 13.3. The lowest BCUT2D eigenvalue weighted by molar-refractivity contribution is 0.627. The summed E-state index contributed by atoms with van der Waals surface area (Å²) < 4.78 is 4.83. The number of rotatable bonds is 7. The lowest BCUT2D eigenvalue weighted by Gasteiger charge is -2.43. The zero-order valence-electron chi connectivity index (χ0n) is 43.3. The van der Waals surface area contributed by atoms with Crippen molar-refractivity contribution >= 4 is 83.4 Å². The summed E-state index contributed by atoms with van der Waals surface area (Å²) in [5.41, 5.74) is 24.3. The van der Waals surface area contributed by atoms with E-state index in [2.05, 4.69) is 289 Å². The maximum atomic E-state index is 2.54. The van der Waals surface area contributed by atoms with Gasteiger partial charge in [-0.2, -0.15) is 0 Å². The average molecular weight is 977 g/mol. The summed E-state index contributed by atoms with van der Waals surface area (Å²) in [7, 11) is 0. The van der Waals surface area contributed by atoms with Gasteiger partial charge in [0.05, 0.1) is 33.4 Å². The van der Waals surface area contributed by atoms with Gasteiger partial charge in [0.1, 0.15) is 0 Å². The van der Waals surface area contributed by atoms with Crippen LogP contribution in [0.25, 0.3) is 77.2 Å². The summed E-state index contributed by atoms with van der Waals surface area (Å²) in [5.74, 6) is 0. The molecule has 2 aromatic heterocycles. The molecule has 2 aliphatic carbocycles. The standard InChI is InChI=1S/C72H56N4/c1-71(2)61-28-16-19-31-69(61)76(54-38-41-68-60(44-54)57-27-15-18-30-66(57)75(68)51-24-12-7-13-25-51)70-46-63-58(45-64(70)71)55-39-34-48(42-62(55)72(63,3)4)47-32-35-52(36-33-47)73(49-20-8-5-9-21-49)53-37-40-67-59(43-53)56-26-14-17-29-65(56)74(67)50-22-10-6-11-23-50/h5,7-10,12-46H,6,11H2,1-4H3. The Hall–Kier alpha value is -9.12. The molecule has 0 fully saturated rings. The van der Waals surface area contributed by atoms with E-state index < -0.39 is 0 Å². The number of anilines is 6. The first kappa shape index (κ1) is 44.4. The SMILES string of the molecule is CC1(C)c2cc(-c3ccc(N(c4ccccc4)c4ccc5c(c4)c4ccccc4n5C4=CCCC=C4)cc3)ccc2-c2cc3c(cc21)N(c1ccc2c(c1)c1ccccc1n2-c1ccccc1)c1ccccc1C3(C)C. The van der Waals surface area contributed by atoms with Gasteiger partial charge < -0.3 is 18.9 Å². The zero-order valence-corrected chi connectivity index (χ0v) is 43.3. The first-order chi connectivity index (χ1) is 37.2. The van der Waals surface area contributed by atoms with E-state index in [4.69, 9.17) is 0 Å². The number of allylic oxidation sites excluding steroid dienone is 4. The van der Waals surface area contributed by atoms with Gasteiger partial charge in [0.2, 0.25) is 0 Å². The van der Waals surface area contributed by atoms with Crippen LogP contribution in [0.3, 0.4) is 0 Å². The molecule has 0 N–H and O–H groups in total. The average Bonchev–Trinajstić information content (AvgIpc) is 4.22. The molecule has 3 aliphatic rings. The van der Waals surface area contributed by atoms with Crippen LogP contribution >= 0.6 is 0 Å². The molecule has 364 valence electrons. The van der Waals surface area contributed by atoms with Crippen LogP contribution in [-0.4, -0.2) is 9.13 Å². The maximum absolute atomic E-state index is 2.54.